The average Bonchev–Trinajstić information content (AvgIpc) is 2.80. The molecule has 2 aromatic rings. The van der Waals surface area contributed by atoms with Gasteiger partial charge in [0.2, 0.25) is 10.0 Å². The van der Waals surface area contributed by atoms with Crippen molar-refractivity contribution in [3.05, 3.63) is 36.1 Å². The molecule has 8 nitrogen and oxygen atoms in total. The molecule has 0 amide bonds. The largest absolute Gasteiger partial charge is 0.494 e. The summed E-state index contributed by atoms with van der Waals surface area (Å²) >= 11 is 0. The number of piperazine rings is 1. The molecule has 1 aromatic carbocycles. The first kappa shape index (κ1) is 21.8. The molecule has 2 fully saturated rings. The number of methoxy groups -OCH3 is 1. The Morgan fingerprint density at radius 3 is 2.03 bits per heavy atom. The fourth-order valence-electron chi connectivity index (χ4n) is 4.01. The van der Waals surface area contributed by atoms with Crippen LogP contribution in [0.4, 0.5) is 16.0 Å². The predicted octanol–water partition coefficient (Wildman–Crippen LogP) is 2.37. The van der Waals surface area contributed by atoms with E-state index in [-0.39, 0.29) is 10.6 Å². The summed E-state index contributed by atoms with van der Waals surface area (Å²) in [5.41, 5.74) is 0. The van der Waals surface area contributed by atoms with Gasteiger partial charge in [-0.05, 0) is 49.1 Å². The van der Waals surface area contributed by atoms with Crippen LogP contribution < -0.4 is 14.5 Å². The minimum absolute atomic E-state index is 0.0184. The van der Waals surface area contributed by atoms with E-state index >= 15 is 0 Å². The average molecular weight is 450 g/mol. The number of rotatable bonds is 5. The SMILES string of the molecule is COc1ccc(S(=O)(=O)N2CCN(c3ccc(N4CCC(C)CC4)nn3)CC2)cc1F. The van der Waals surface area contributed by atoms with Gasteiger partial charge in [0, 0.05) is 39.3 Å². The van der Waals surface area contributed by atoms with E-state index in [1.54, 1.807) is 0 Å². The highest BCUT2D eigenvalue weighted by molar-refractivity contribution is 7.89. The zero-order valence-corrected chi connectivity index (χ0v) is 18.7. The van der Waals surface area contributed by atoms with Crippen LogP contribution in [0.1, 0.15) is 19.8 Å². The lowest BCUT2D eigenvalue weighted by atomic mass is 9.99. The number of benzene rings is 1. The highest BCUT2D eigenvalue weighted by atomic mass is 32.2. The van der Waals surface area contributed by atoms with Crippen LogP contribution in [0.2, 0.25) is 0 Å². The van der Waals surface area contributed by atoms with Crippen LogP contribution in [0.25, 0.3) is 0 Å². The van der Waals surface area contributed by atoms with E-state index in [4.69, 9.17) is 4.74 Å². The van der Waals surface area contributed by atoms with Gasteiger partial charge in [-0.25, -0.2) is 12.8 Å². The lowest BCUT2D eigenvalue weighted by Crippen LogP contribution is -2.49. The van der Waals surface area contributed by atoms with E-state index in [0.717, 1.165) is 49.6 Å². The summed E-state index contributed by atoms with van der Waals surface area (Å²) in [6.07, 6.45) is 2.33. The predicted molar refractivity (Wildman–Crippen MR) is 117 cm³/mol. The molecule has 31 heavy (non-hydrogen) atoms. The molecule has 0 N–H and O–H groups in total. The van der Waals surface area contributed by atoms with Crippen LogP contribution >= 0.6 is 0 Å². The topological polar surface area (TPSA) is 78.9 Å². The van der Waals surface area contributed by atoms with E-state index in [0.29, 0.717) is 26.2 Å². The Kier molecular flexibility index (Phi) is 6.29. The number of aromatic nitrogens is 2. The lowest BCUT2D eigenvalue weighted by molar-refractivity contribution is 0.379. The van der Waals surface area contributed by atoms with Gasteiger partial charge in [0.1, 0.15) is 0 Å². The van der Waals surface area contributed by atoms with E-state index < -0.39 is 15.8 Å². The highest BCUT2D eigenvalue weighted by Crippen LogP contribution is 2.25. The molecule has 2 aliphatic rings. The minimum atomic E-state index is -3.77. The Balaban J connectivity index is 1.38. The summed E-state index contributed by atoms with van der Waals surface area (Å²) in [5, 5.41) is 8.77. The first-order valence-corrected chi connectivity index (χ1v) is 12.0. The molecule has 0 unspecified atom stereocenters. The van der Waals surface area contributed by atoms with Gasteiger partial charge >= 0.3 is 0 Å². The normalized spacial score (nSPS) is 18.9. The van der Waals surface area contributed by atoms with Crippen LogP contribution in [0.5, 0.6) is 5.75 Å². The Morgan fingerprint density at radius 1 is 0.935 bits per heavy atom. The number of halogens is 1. The number of hydrogen-bond donors (Lipinski definition) is 0. The van der Waals surface area contributed by atoms with Gasteiger partial charge in [0.25, 0.3) is 0 Å². The van der Waals surface area contributed by atoms with Gasteiger partial charge < -0.3 is 14.5 Å². The Hall–Kier alpha value is -2.46. The summed E-state index contributed by atoms with van der Waals surface area (Å²) in [5.74, 6) is 1.70. The molecule has 4 rings (SSSR count). The van der Waals surface area contributed by atoms with Crippen molar-refractivity contribution < 1.29 is 17.5 Å². The van der Waals surface area contributed by atoms with Crippen molar-refractivity contribution in [2.24, 2.45) is 5.92 Å². The fourth-order valence-corrected chi connectivity index (χ4v) is 5.44. The van der Waals surface area contributed by atoms with E-state index in [1.807, 2.05) is 17.0 Å². The maximum Gasteiger partial charge on any atom is 0.243 e. The van der Waals surface area contributed by atoms with Crippen molar-refractivity contribution in [1.82, 2.24) is 14.5 Å². The highest BCUT2D eigenvalue weighted by Gasteiger charge is 2.30. The number of ether oxygens (including phenoxy) is 1. The second-order valence-corrected chi connectivity index (χ2v) is 10.0. The minimum Gasteiger partial charge on any atom is -0.494 e. The molecule has 0 atom stereocenters. The number of anilines is 2. The third-order valence-corrected chi connectivity index (χ3v) is 7.96. The van der Waals surface area contributed by atoms with Gasteiger partial charge in [-0.3, -0.25) is 0 Å². The van der Waals surface area contributed by atoms with E-state index in [2.05, 4.69) is 22.0 Å². The van der Waals surface area contributed by atoms with Crippen LogP contribution in [-0.2, 0) is 10.0 Å². The molecule has 3 heterocycles. The second-order valence-electron chi connectivity index (χ2n) is 8.11. The zero-order valence-electron chi connectivity index (χ0n) is 17.9. The Morgan fingerprint density at radius 2 is 1.52 bits per heavy atom. The smallest absolute Gasteiger partial charge is 0.243 e. The second kappa shape index (κ2) is 8.96. The summed E-state index contributed by atoms with van der Waals surface area (Å²) in [7, 11) is -2.43. The standard InChI is InChI=1S/C21H28FN5O3S/c1-16-7-9-25(10-8-16)20-5-6-21(24-23-20)26-11-13-27(14-12-26)31(28,29)17-3-4-19(30-2)18(22)15-17/h3-6,15-16H,7-14H2,1-2H3. The molecule has 0 bridgehead atoms. The van der Waals surface area contributed by atoms with Gasteiger partial charge in [-0.15, -0.1) is 10.2 Å². The van der Waals surface area contributed by atoms with Crippen LogP contribution in [0.15, 0.2) is 35.2 Å². The molecule has 10 heteroatoms. The van der Waals surface area contributed by atoms with Crippen molar-refractivity contribution in [3.8, 4) is 5.75 Å². The summed E-state index contributed by atoms with van der Waals surface area (Å²) in [6.45, 7) is 5.85. The van der Waals surface area contributed by atoms with Crippen molar-refractivity contribution in [3.63, 3.8) is 0 Å². The molecule has 2 saturated heterocycles. The molecule has 1 aromatic heterocycles. The van der Waals surface area contributed by atoms with Gasteiger partial charge in [-0.1, -0.05) is 6.92 Å². The summed E-state index contributed by atoms with van der Waals surface area (Å²) in [6, 6.07) is 7.64. The molecule has 0 spiro atoms. The third-order valence-electron chi connectivity index (χ3n) is 6.07. The summed E-state index contributed by atoms with van der Waals surface area (Å²) < 4.78 is 46.0. The molecular weight excluding hydrogens is 421 g/mol. The summed E-state index contributed by atoms with van der Waals surface area (Å²) in [4.78, 5) is 4.21. The molecular formula is C21H28FN5O3S. The lowest BCUT2D eigenvalue weighted by Gasteiger charge is -2.35. The third kappa shape index (κ3) is 4.59. The Bertz CT molecular complexity index is 1000. The fraction of sp³-hybridized carbons (Fsp3) is 0.524. The van der Waals surface area contributed by atoms with Gasteiger partial charge in [0.05, 0.1) is 12.0 Å². The Labute approximate surface area is 182 Å². The number of piperidine rings is 1. The van der Waals surface area contributed by atoms with Crippen LogP contribution in [0, 0.1) is 11.7 Å². The molecule has 168 valence electrons. The molecule has 0 aliphatic carbocycles. The molecule has 0 radical (unpaired) electrons. The maximum absolute atomic E-state index is 14.0. The zero-order chi connectivity index (χ0) is 22.0. The first-order chi connectivity index (χ1) is 14.9. The van der Waals surface area contributed by atoms with Crippen LogP contribution in [-0.4, -0.2) is 69.3 Å². The van der Waals surface area contributed by atoms with Gasteiger partial charge in [0.15, 0.2) is 23.2 Å². The number of hydrogen-bond acceptors (Lipinski definition) is 7. The quantitative estimate of drug-likeness (QED) is 0.693. The number of nitrogens with zero attached hydrogens (tertiary/aromatic N) is 5. The number of sulfonamides is 1. The molecule has 2 aliphatic heterocycles. The van der Waals surface area contributed by atoms with Gasteiger partial charge in [-0.2, -0.15) is 4.31 Å². The van der Waals surface area contributed by atoms with Crippen molar-refractivity contribution in [2.75, 3.05) is 56.2 Å². The monoisotopic (exact) mass is 449 g/mol. The molecule has 0 saturated carbocycles. The first-order valence-electron chi connectivity index (χ1n) is 10.6. The van der Waals surface area contributed by atoms with Crippen molar-refractivity contribution in [1.29, 1.82) is 0 Å². The van der Waals surface area contributed by atoms with Crippen molar-refractivity contribution in [2.45, 2.75) is 24.7 Å². The van der Waals surface area contributed by atoms with E-state index in [1.165, 1.54) is 23.5 Å². The van der Waals surface area contributed by atoms with Crippen LogP contribution in [0.3, 0.4) is 0 Å². The van der Waals surface area contributed by atoms with Crippen molar-refractivity contribution >= 4 is 21.7 Å². The maximum atomic E-state index is 14.0. The van der Waals surface area contributed by atoms with E-state index in [9.17, 15) is 12.8 Å².